The van der Waals surface area contributed by atoms with Crippen molar-refractivity contribution in [1.29, 1.82) is 0 Å². The summed E-state index contributed by atoms with van der Waals surface area (Å²) < 4.78 is 0. The topological polar surface area (TPSA) is 40.2 Å². The molecule has 0 fully saturated rings. The Hall–Kier alpha value is -1.29. The van der Waals surface area contributed by atoms with Gasteiger partial charge in [-0.3, -0.25) is 0 Å². The van der Waals surface area contributed by atoms with E-state index in [9.17, 15) is 0 Å². The van der Waals surface area contributed by atoms with Crippen molar-refractivity contribution in [2.45, 2.75) is 26.3 Å². The third kappa shape index (κ3) is 4.23. The van der Waals surface area contributed by atoms with Crippen molar-refractivity contribution in [2.75, 3.05) is 37.8 Å². The summed E-state index contributed by atoms with van der Waals surface area (Å²) in [6.07, 6.45) is 0. The van der Waals surface area contributed by atoms with E-state index in [1.807, 2.05) is 18.2 Å². The van der Waals surface area contributed by atoms with Gasteiger partial charge in [0.2, 0.25) is 0 Å². The third-order valence-corrected chi connectivity index (χ3v) is 3.02. The molecule has 0 bridgehead atoms. The number of anilines is 2. The SMILES string of the molecule is CCNc1cccc(NCC(C)(C)N(C)C)n1. The highest BCUT2D eigenvalue weighted by atomic mass is 15.2. The van der Waals surface area contributed by atoms with E-state index in [4.69, 9.17) is 0 Å². The van der Waals surface area contributed by atoms with Crippen LogP contribution in [0.3, 0.4) is 0 Å². The van der Waals surface area contributed by atoms with Gasteiger partial charge in [0.1, 0.15) is 11.6 Å². The molecule has 4 nitrogen and oxygen atoms in total. The molecule has 0 saturated heterocycles. The number of rotatable bonds is 6. The second-order valence-electron chi connectivity index (χ2n) is 5.00. The van der Waals surface area contributed by atoms with Gasteiger partial charge in [0.25, 0.3) is 0 Å². The van der Waals surface area contributed by atoms with Crippen molar-refractivity contribution in [2.24, 2.45) is 0 Å². The monoisotopic (exact) mass is 236 g/mol. The summed E-state index contributed by atoms with van der Waals surface area (Å²) in [4.78, 5) is 6.69. The van der Waals surface area contributed by atoms with Crippen LogP contribution in [0.5, 0.6) is 0 Å². The van der Waals surface area contributed by atoms with Crippen LogP contribution in [-0.2, 0) is 0 Å². The molecule has 0 aliphatic rings. The maximum Gasteiger partial charge on any atom is 0.128 e. The maximum absolute atomic E-state index is 4.48. The van der Waals surface area contributed by atoms with Gasteiger partial charge in [0.05, 0.1) is 0 Å². The molecular formula is C13H24N4. The summed E-state index contributed by atoms with van der Waals surface area (Å²) in [5, 5.41) is 6.58. The van der Waals surface area contributed by atoms with E-state index in [2.05, 4.69) is 55.4 Å². The molecule has 17 heavy (non-hydrogen) atoms. The molecule has 0 spiro atoms. The van der Waals surface area contributed by atoms with Crippen LogP contribution in [0.2, 0.25) is 0 Å². The first-order valence-corrected chi connectivity index (χ1v) is 6.08. The number of nitrogens with zero attached hydrogens (tertiary/aromatic N) is 2. The zero-order valence-electron chi connectivity index (χ0n) is 11.5. The number of hydrogen-bond acceptors (Lipinski definition) is 4. The zero-order valence-corrected chi connectivity index (χ0v) is 11.5. The van der Waals surface area contributed by atoms with Crippen molar-refractivity contribution in [3.63, 3.8) is 0 Å². The van der Waals surface area contributed by atoms with Crippen molar-refractivity contribution >= 4 is 11.6 Å². The lowest BCUT2D eigenvalue weighted by molar-refractivity contribution is 0.210. The molecule has 0 amide bonds. The predicted octanol–water partition coefficient (Wildman–Crippen LogP) is 2.27. The van der Waals surface area contributed by atoms with Crippen molar-refractivity contribution in [3.05, 3.63) is 18.2 Å². The minimum absolute atomic E-state index is 0.107. The minimum atomic E-state index is 0.107. The quantitative estimate of drug-likeness (QED) is 0.795. The number of pyridine rings is 1. The van der Waals surface area contributed by atoms with Crippen LogP contribution in [0.1, 0.15) is 20.8 Å². The zero-order chi connectivity index (χ0) is 12.9. The smallest absolute Gasteiger partial charge is 0.128 e. The fourth-order valence-corrected chi connectivity index (χ4v) is 1.28. The summed E-state index contributed by atoms with van der Waals surface area (Å²) in [5.41, 5.74) is 0.107. The van der Waals surface area contributed by atoms with Gasteiger partial charge in [-0.15, -0.1) is 0 Å². The highest BCUT2D eigenvalue weighted by Crippen LogP contribution is 2.13. The van der Waals surface area contributed by atoms with E-state index in [0.717, 1.165) is 24.7 Å². The van der Waals surface area contributed by atoms with Crippen LogP contribution in [0, 0.1) is 0 Å². The van der Waals surface area contributed by atoms with Crippen molar-refractivity contribution < 1.29 is 0 Å². The first kappa shape index (κ1) is 13.8. The van der Waals surface area contributed by atoms with E-state index in [0.29, 0.717) is 0 Å². The molecule has 1 aromatic heterocycles. The normalized spacial score (nSPS) is 11.6. The summed E-state index contributed by atoms with van der Waals surface area (Å²) in [7, 11) is 4.17. The molecule has 0 aliphatic carbocycles. The maximum atomic E-state index is 4.48. The molecule has 0 unspecified atom stereocenters. The van der Waals surface area contributed by atoms with E-state index in [1.54, 1.807) is 0 Å². The molecule has 0 aliphatic heterocycles. The Labute approximate surface area is 104 Å². The van der Waals surface area contributed by atoms with Gasteiger partial charge in [-0.25, -0.2) is 4.98 Å². The third-order valence-electron chi connectivity index (χ3n) is 3.02. The molecule has 1 rings (SSSR count). The Bertz CT molecular complexity index is 347. The van der Waals surface area contributed by atoms with Gasteiger partial charge < -0.3 is 15.5 Å². The van der Waals surface area contributed by atoms with Crippen LogP contribution in [0.25, 0.3) is 0 Å². The Morgan fingerprint density at radius 1 is 1.18 bits per heavy atom. The summed E-state index contributed by atoms with van der Waals surface area (Å²) in [6.45, 7) is 8.22. The average Bonchev–Trinajstić information content (AvgIpc) is 2.27. The van der Waals surface area contributed by atoms with Gasteiger partial charge in [-0.1, -0.05) is 6.07 Å². The molecular weight excluding hydrogens is 212 g/mol. The molecule has 0 aromatic carbocycles. The Morgan fingerprint density at radius 3 is 2.29 bits per heavy atom. The highest BCUT2D eigenvalue weighted by Gasteiger charge is 2.19. The highest BCUT2D eigenvalue weighted by molar-refractivity contribution is 5.45. The van der Waals surface area contributed by atoms with Gasteiger partial charge in [-0.2, -0.15) is 0 Å². The second-order valence-corrected chi connectivity index (χ2v) is 5.00. The van der Waals surface area contributed by atoms with E-state index >= 15 is 0 Å². The van der Waals surface area contributed by atoms with E-state index in [-0.39, 0.29) is 5.54 Å². The lowest BCUT2D eigenvalue weighted by Crippen LogP contribution is -2.44. The average molecular weight is 236 g/mol. The second kappa shape index (κ2) is 5.87. The van der Waals surface area contributed by atoms with Crippen LogP contribution < -0.4 is 10.6 Å². The molecule has 1 aromatic rings. The van der Waals surface area contributed by atoms with Crippen molar-refractivity contribution in [1.82, 2.24) is 9.88 Å². The summed E-state index contributed by atoms with van der Waals surface area (Å²) in [6, 6.07) is 5.98. The lowest BCUT2D eigenvalue weighted by Gasteiger charge is -2.32. The fourth-order valence-electron chi connectivity index (χ4n) is 1.28. The first-order chi connectivity index (χ1) is 7.95. The summed E-state index contributed by atoms with van der Waals surface area (Å²) in [5.74, 6) is 1.83. The number of nitrogens with one attached hydrogen (secondary N) is 2. The van der Waals surface area contributed by atoms with Gasteiger partial charge in [0, 0.05) is 18.6 Å². The standard InChI is InChI=1S/C13H24N4/c1-6-14-11-8-7-9-12(16-11)15-10-13(2,3)17(4)5/h7-9H,6,10H2,1-5H3,(H2,14,15,16). The molecule has 2 N–H and O–H groups in total. The summed E-state index contributed by atoms with van der Waals surface area (Å²) >= 11 is 0. The van der Waals surface area contributed by atoms with Gasteiger partial charge in [-0.05, 0) is 47.0 Å². The molecule has 0 saturated carbocycles. The van der Waals surface area contributed by atoms with E-state index in [1.165, 1.54) is 0 Å². The Kier molecular flexibility index (Phi) is 4.75. The Morgan fingerprint density at radius 2 is 1.76 bits per heavy atom. The number of aromatic nitrogens is 1. The minimum Gasteiger partial charge on any atom is -0.370 e. The van der Waals surface area contributed by atoms with Gasteiger partial charge >= 0.3 is 0 Å². The Balaban J connectivity index is 2.60. The largest absolute Gasteiger partial charge is 0.370 e. The predicted molar refractivity (Wildman–Crippen MR) is 74.7 cm³/mol. The van der Waals surface area contributed by atoms with Gasteiger partial charge in [0.15, 0.2) is 0 Å². The molecule has 96 valence electrons. The van der Waals surface area contributed by atoms with Crippen LogP contribution in [-0.4, -0.2) is 42.6 Å². The van der Waals surface area contributed by atoms with Crippen molar-refractivity contribution in [3.8, 4) is 0 Å². The first-order valence-electron chi connectivity index (χ1n) is 6.08. The molecule has 0 radical (unpaired) electrons. The molecule has 0 atom stereocenters. The van der Waals surface area contributed by atoms with Crippen LogP contribution in [0.15, 0.2) is 18.2 Å². The lowest BCUT2D eigenvalue weighted by atomic mass is 10.0. The fraction of sp³-hybridized carbons (Fsp3) is 0.615. The molecule has 1 heterocycles. The van der Waals surface area contributed by atoms with Crippen LogP contribution >= 0.6 is 0 Å². The van der Waals surface area contributed by atoms with E-state index < -0.39 is 0 Å². The molecule has 4 heteroatoms. The number of hydrogen-bond donors (Lipinski definition) is 2. The van der Waals surface area contributed by atoms with Crippen LogP contribution in [0.4, 0.5) is 11.6 Å². The number of likely N-dealkylation sites (N-methyl/N-ethyl adjacent to an activating group) is 1.